The lowest BCUT2D eigenvalue weighted by Crippen LogP contribution is -2.25. The Labute approximate surface area is 111 Å². The number of hydrogen-bond donors (Lipinski definition) is 2. The van der Waals surface area contributed by atoms with Crippen molar-refractivity contribution in [3.8, 4) is 0 Å². The SMILES string of the molecule is NC1=NC2=C(CC(C(F)(F)F)C=C2)Nc2cscc21. The summed E-state index contributed by atoms with van der Waals surface area (Å²) in [6, 6.07) is 0. The van der Waals surface area contributed by atoms with Crippen molar-refractivity contribution < 1.29 is 13.2 Å². The van der Waals surface area contributed by atoms with Crippen LogP contribution in [0, 0.1) is 5.92 Å². The highest BCUT2D eigenvalue weighted by molar-refractivity contribution is 7.08. The monoisotopic (exact) mass is 285 g/mol. The number of aliphatic imine (C=N–C) groups is 1. The minimum Gasteiger partial charge on any atom is -0.383 e. The van der Waals surface area contributed by atoms with Crippen molar-refractivity contribution in [2.45, 2.75) is 12.6 Å². The fourth-order valence-corrected chi connectivity index (χ4v) is 2.86. The van der Waals surface area contributed by atoms with E-state index in [0.29, 0.717) is 22.9 Å². The van der Waals surface area contributed by atoms with Gasteiger partial charge in [0.25, 0.3) is 0 Å². The zero-order valence-corrected chi connectivity index (χ0v) is 10.5. The summed E-state index contributed by atoms with van der Waals surface area (Å²) in [5.41, 5.74) is 8.23. The molecule has 3 N–H and O–H groups in total. The first-order valence-electron chi connectivity index (χ1n) is 5.61. The third-order valence-corrected chi connectivity index (χ3v) is 3.85. The topological polar surface area (TPSA) is 50.4 Å². The van der Waals surface area contributed by atoms with Crippen LogP contribution in [0.2, 0.25) is 0 Å². The summed E-state index contributed by atoms with van der Waals surface area (Å²) < 4.78 is 38.3. The van der Waals surface area contributed by atoms with E-state index in [0.717, 1.165) is 11.6 Å². The molecule has 0 amide bonds. The average molecular weight is 285 g/mol. The van der Waals surface area contributed by atoms with Crippen molar-refractivity contribution in [3.05, 3.63) is 39.9 Å². The highest BCUT2D eigenvalue weighted by atomic mass is 32.1. The largest absolute Gasteiger partial charge is 0.395 e. The van der Waals surface area contributed by atoms with Crippen molar-refractivity contribution in [1.82, 2.24) is 0 Å². The Morgan fingerprint density at radius 2 is 2.16 bits per heavy atom. The second kappa shape index (κ2) is 4.12. The standard InChI is InChI=1S/C12H10F3N3S/c13-12(14,15)6-1-2-8-9(3-6)17-10-5-19-4-7(10)11(16)18-8/h1-2,4-6,17H,3H2,(H2,16,18). The number of nitrogens with two attached hydrogens (primary N) is 1. The molecule has 2 heterocycles. The third-order valence-electron chi connectivity index (χ3n) is 3.10. The number of halogens is 3. The molecule has 7 heteroatoms. The fraction of sp³-hybridized carbons (Fsp3) is 0.250. The Balaban J connectivity index is 1.98. The van der Waals surface area contributed by atoms with Gasteiger partial charge in [-0.3, -0.25) is 0 Å². The number of thiophene rings is 1. The van der Waals surface area contributed by atoms with Gasteiger partial charge in [0, 0.05) is 22.9 Å². The molecular weight excluding hydrogens is 275 g/mol. The van der Waals surface area contributed by atoms with Crippen molar-refractivity contribution in [2.24, 2.45) is 16.6 Å². The quantitative estimate of drug-likeness (QED) is 0.769. The Bertz CT molecular complexity index is 610. The summed E-state index contributed by atoms with van der Waals surface area (Å²) in [4.78, 5) is 4.19. The molecule has 1 unspecified atom stereocenters. The minimum atomic E-state index is -4.24. The van der Waals surface area contributed by atoms with Crippen LogP contribution in [0.4, 0.5) is 18.9 Å². The molecule has 0 radical (unpaired) electrons. The number of nitrogens with one attached hydrogen (secondary N) is 1. The first-order chi connectivity index (χ1) is 8.95. The zero-order valence-electron chi connectivity index (χ0n) is 9.66. The van der Waals surface area contributed by atoms with Crippen molar-refractivity contribution in [1.29, 1.82) is 0 Å². The van der Waals surface area contributed by atoms with Gasteiger partial charge in [-0.05, 0) is 6.08 Å². The van der Waals surface area contributed by atoms with Gasteiger partial charge in [0.1, 0.15) is 5.84 Å². The van der Waals surface area contributed by atoms with E-state index >= 15 is 0 Å². The first kappa shape index (κ1) is 12.3. The van der Waals surface area contributed by atoms with Gasteiger partial charge in [-0.1, -0.05) is 6.08 Å². The van der Waals surface area contributed by atoms with E-state index in [2.05, 4.69) is 10.3 Å². The van der Waals surface area contributed by atoms with Crippen LogP contribution in [0.25, 0.3) is 0 Å². The average Bonchev–Trinajstić information content (AvgIpc) is 2.73. The molecule has 0 bridgehead atoms. The molecular formula is C12H10F3N3S. The van der Waals surface area contributed by atoms with E-state index in [9.17, 15) is 13.2 Å². The third kappa shape index (κ3) is 2.14. The van der Waals surface area contributed by atoms with Crippen molar-refractivity contribution in [2.75, 3.05) is 5.32 Å². The van der Waals surface area contributed by atoms with E-state index in [1.807, 2.05) is 10.8 Å². The van der Waals surface area contributed by atoms with Gasteiger partial charge in [-0.25, -0.2) is 4.99 Å². The molecule has 0 spiro atoms. The van der Waals surface area contributed by atoms with Crippen LogP contribution < -0.4 is 11.1 Å². The van der Waals surface area contributed by atoms with E-state index in [4.69, 9.17) is 5.73 Å². The Hall–Kier alpha value is -1.76. The Morgan fingerprint density at radius 1 is 1.37 bits per heavy atom. The van der Waals surface area contributed by atoms with Crippen LogP contribution in [0.1, 0.15) is 12.0 Å². The van der Waals surface area contributed by atoms with Crippen molar-refractivity contribution >= 4 is 22.9 Å². The number of alkyl halides is 3. The summed E-state index contributed by atoms with van der Waals surface area (Å²) >= 11 is 1.43. The Kier molecular flexibility index (Phi) is 2.67. The molecule has 1 aromatic heterocycles. The number of allylic oxidation sites excluding steroid dienone is 3. The van der Waals surface area contributed by atoms with Gasteiger partial charge in [-0.15, -0.1) is 11.3 Å². The van der Waals surface area contributed by atoms with E-state index in [1.165, 1.54) is 17.4 Å². The highest BCUT2D eigenvalue weighted by Gasteiger charge is 2.40. The van der Waals surface area contributed by atoms with Gasteiger partial charge in [-0.2, -0.15) is 13.2 Å². The molecule has 3 nitrogen and oxygen atoms in total. The number of amidine groups is 1. The van der Waals surface area contributed by atoms with Crippen LogP contribution in [0.15, 0.2) is 39.3 Å². The van der Waals surface area contributed by atoms with Gasteiger partial charge < -0.3 is 11.1 Å². The van der Waals surface area contributed by atoms with Gasteiger partial charge >= 0.3 is 6.18 Å². The molecule has 1 aromatic rings. The summed E-state index contributed by atoms with van der Waals surface area (Å²) in [5.74, 6) is -1.15. The predicted octanol–water partition coefficient (Wildman–Crippen LogP) is 3.23. The van der Waals surface area contributed by atoms with Gasteiger partial charge in [0.15, 0.2) is 0 Å². The highest BCUT2D eigenvalue weighted by Crippen LogP contribution is 2.38. The Morgan fingerprint density at radius 3 is 2.89 bits per heavy atom. The second-order valence-corrected chi connectivity index (χ2v) is 5.14. The number of anilines is 1. The number of hydrogen-bond acceptors (Lipinski definition) is 4. The molecule has 2 aliphatic rings. The smallest absolute Gasteiger partial charge is 0.383 e. The van der Waals surface area contributed by atoms with E-state index in [-0.39, 0.29) is 6.42 Å². The molecule has 1 atom stereocenters. The summed E-state index contributed by atoms with van der Waals surface area (Å²) in [6.45, 7) is 0. The van der Waals surface area contributed by atoms with Crippen LogP contribution >= 0.6 is 11.3 Å². The maximum Gasteiger partial charge on any atom is 0.395 e. The minimum absolute atomic E-state index is 0.138. The molecule has 3 rings (SSSR count). The maximum atomic E-state index is 12.8. The number of rotatable bonds is 0. The maximum absolute atomic E-state index is 12.8. The van der Waals surface area contributed by atoms with Crippen LogP contribution in [-0.4, -0.2) is 12.0 Å². The predicted molar refractivity (Wildman–Crippen MR) is 69.0 cm³/mol. The molecule has 0 saturated heterocycles. The molecule has 100 valence electrons. The van der Waals surface area contributed by atoms with Gasteiger partial charge in [0.2, 0.25) is 0 Å². The molecule has 19 heavy (non-hydrogen) atoms. The number of fused-ring (bicyclic) bond motifs is 1. The van der Waals surface area contributed by atoms with Gasteiger partial charge in [0.05, 0.1) is 22.9 Å². The van der Waals surface area contributed by atoms with Crippen molar-refractivity contribution in [3.63, 3.8) is 0 Å². The molecule has 1 aliphatic heterocycles. The molecule has 1 aliphatic carbocycles. The molecule has 0 saturated carbocycles. The summed E-state index contributed by atoms with van der Waals surface area (Å²) in [7, 11) is 0. The van der Waals surface area contributed by atoms with Crippen LogP contribution in [0.3, 0.4) is 0 Å². The second-order valence-electron chi connectivity index (χ2n) is 4.40. The van der Waals surface area contributed by atoms with Crippen LogP contribution in [0.5, 0.6) is 0 Å². The number of nitrogens with zero attached hydrogens (tertiary/aromatic N) is 1. The molecule has 0 aromatic carbocycles. The first-order valence-corrected chi connectivity index (χ1v) is 6.55. The fourth-order valence-electron chi connectivity index (χ4n) is 2.09. The normalized spacial score (nSPS) is 22.3. The lowest BCUT2D eigenvalue weighted by molar-refractivity contribution is -0.160. The van der Waals surface area contributed by atoms with E-state index in [1.54, 1.807) is 0 Å². The molecule has 0 fully saturated rings. The lowest BCUT2D eigenvalue weighted by atomic mass is 9.96. The van der Waals surface area contributed by atoms with Crippen LogP contribution in [-0.2, 0) is 0 Å². The summed E-state index contributed by atoms with van der Waals surface area (Å²) in [6.07, 6.45) is -1.86. The zero-order chi connectivity index (χ0) is 13.6. The van der Waals surface area contributed by atoms with E-state index < -0.39 is 12.1 Å². The lowest BCUT2D eigenvalue weighted by Gasteiger charge is -2.23. The summed E-state index contributed by atoms with van der Waals surface area (Å²) in [5, 5.41) is 6.66.